The summed E-state index contributed by atoms with van der Waals surface area (Å²) in [6, 6.07) is 0. The summed E-state index contributed by atoms with van der Waals surface area (Å²) in [5.41, 5.74) is 0. The molecule has 0 aliphatic heterocycles. The molecule has 6 heavy (non-hydrogen) atoms. The lowest BCUT2D eigenvalue weighted by atomic mass is 10.1. The van der Waals surface area contributed by atoms with E-state index >= 15 is 0 Å². The van der Waals surface area contributed by atoms with E-state index < -0.39 is 0 Å². The fourth-order valence-electron chi connectivity index (χ4n) is 0.128. The van der Waals surface area contributed by atoms with E-state index in [0.29, 0.717) is 0 Å². The molecule has 26 valence electrons. The van der Waals surface area contributed by atoms with E-state index in [0.717, 1.165) is 0 Å². The van der Waals surface area contributed by atoms with Crippen molar-refractivity contribution in [2.75, 3.05) is 0 Å². The first-order valence-electron chi connectivity index (χ1n) is 1.67. The molecular weight excluding hydrogens is 69.7 g/mol. The monoisotopic (exact) mass is 74.0 g/mol. The average molecular weight is 73.7 g/mol. The van der Waals surface area contributed by atoms with Gasteiger partial charge in [0.25, 0.3) is 0 Å². The SMILES string of the molecule is [B]/C=C\C=C/[B]. The zero-order chi connectivity index (χ0) is 4.83. The fraction of sp³-hybridized carbons (Fsp3) is 0. The van der Waals surface area contributed by atoms with E-state index in [1.165, 1.54) is 12.0 Å². The first-order valence-corrected chi connectivity index (χ1v) is 1.67. The van der Waals surface area contributed by atoms with Gasteiger partial charge in [-0.25, -0.2) is 0 Å². The molecule has 0 nitrogen and oxygen atoms in total. The Bertz CT molecular complexity index is 53.9. The highest BCUT2D eigenvalue weighted by Gasteiger charge is 1.49. The molecule has 0 aliphatic rings. The van der Waals surface area contributed by atoms with Crippen LogP contribution in [0.5, 0.6) is 0 Å². The molecule has 0 spiro atoms. The standard InChI is InChI=1S/C4H4B2/c5-3-1-2-4-6/h1-4H/b3-1-,4-2-. The van der Waals surface area contributed by atoms with Crippen LogP contribution >= 0.6 is 0 Å². The second-order valence-electron chi connectivity index (χ2n) is 0.770. The Balaban J connectivity index is 3.07. The summed E-state index contributed by atoms with van der Waals surface area (Å²) in [6.45, 7) is 0. The topological polar surface area (TPSA) is 0 Å². The maximum absolute atomic E-state index is 4.93. The Morgan fingerprint density at radius 2 is 1.17 bits per heavy atom. The summed E-state index contributed by atoms with van der Waals surface area (Å²) in [5, 5.41) is 0. The van der Waals surface area contributed by atoms with Crippen LogP contribution in [0.4, 0.5) is 0 Å². The lowest BCUT2D eigenvalue weighted by Crippen LogP contribution is -1.50. The molecule has 0 atom stereocenters. The predicted octanol–water partition coefficient (Wildman–Crippen LogP) is 0.351. The van der Waals surface area contributed by atoms with Gasteiger partial charge in [0.2, 0.25) is 0 Å². The third-order valence-electron chi connectivity index (χ3n) is 0.333. The highest BCUT2D eigenvalue weighted by molar-refractivity contribution is 6.18. The quantitative estimate of drug-likeness (QED) is 0.311. The highest BCUT2D eigenvalue weighted by atomic mass is 13.5. The summed E-state index contributed by atoms with van der Waals surface area (Å²) >= 11 is 0. The van der Waals surface area contributed by atoms with Gasteiger partial charge in [-0.2, -0.15) is 0 Å². The molecule has 0 aliphatic carbocycles. The van der Waals surface area contributed by atoms with E-state index in [1.54, 1.807) is 12.2 Å². The maximum Gasteiger partial charge on any atom is 0.102 e. The van der Waals surface area contributed by atoms with Gasteiger partial charge in [-0.05, 0) is 0 Å². The van der Waals surface area contributed by atoms with Crippen molar-refractivity contribution in [3.05, 3.63) is 24.1 Å². The molecule has 0 aromatic carbocycles. The Morgan fingerprint density at radius 3 is 1.33 bits per heavy atom. The van der Waals surface area contributed by atoms with Crippen LogP contribution in [-0.2, 0) is 0 Å². The first kappa shape index (κ1) is 5.61. The Labute approximate surface area is 40.8 Å². The Hall–Kier alpha value is -0.390. The maximum atomic E-state index is 4.93. The summed E-state index contributed by atoms with van der Waals surface area (Å²) < 4.78 is 0. The van der Waals surface area contributed by atoms with Crippen LogP contribution < -0.4 is 0 Å². The molecule has 0 rings (SSSR count). The normalized spacial score (nSPS) is 11.3. The minimum absolute atomic E-state index is 1.42. The minimum atomic E-state index is 1.42. The number of allylic oxidation sites excluding steroid dienone is 2. The van der Waals surface area contributed by atoms with E-state index in [2.05, 4.69) is 0 Å². The second kappa shape index (κ2) is 4.61. The van der Waals surface area contributed by atoms with Crippen LogP contribution in [-0.4, -0.2) is 15.7 Å². The smallest absolute Gasteiger partial charge is 0.102 e. The van der Waals surface area contributed by atoms with E-state index in [1.807, 2.05) is 0 Å². The molecule has 0 saturated carbocycles. The van der Waals surface area contributed by atoms with Gasteiger partial charge in [-0.3, -0.25) is 0 Å². The molecule has 0 aromatic rings. The number of hydrogen-bond donors (Lipinski definition) is 0. The fourth-order valence-corrected chi connectivity index (χ4v) is 0.128. The van der Waals surface area contributed by atoms with Crippen molar-refractivity contribution in [1.82, 2.24) is 0 Å². The van der Waals surface area contributed by atoms with Crippen molar-refractivity contribution in [1.29, 1.82) is 0 Å². The van der Waals surface area contributed by atoms with E-state index in [-0.39, 0.29) is 0 Å². The third kappa shape index (κ3) is 3.61. The van der Waals surface area contributed by atoms with Gasteiger partial charge in [0.15, 0.2) is 0 Å². The molecule has 0 heterocycles. The molecule has 0 fully saturated rings. The highest BCUT2D eigenvalue weighted by Crippen LogP contribution is 1.65. The molecule has 0 aromatic heterocycles. The largest absolute Gasteiger partial charge is 0.132 e. The van der Waals surface area contributed by atoms with Crippen molar-refractivity contribution >= 4 is 15.7 Å². The van der Waals surface area contributed by atoms with Crippen LogP contribution in [0.15, 0.2) is 24.1 Å². The molecule has 0 bridgehead atoms. The zero-order valence-corrected chi connectivity index (χ0v) is 3.46. The molecule has 4 radical (unpaired) electrons. The van der Waals surface area contributed by atoms with Gasteiger partial charge in [0, 0.05) is 0 Å². The van der Waals surface area contributed by atoms with Crippen LogP contribution in [0.3, 0.4) is 0 Å². The summed E-state index contributed by atoms with van der Waals surface area (Å²) in [5.74, 6) is 2.84. The van der Waals surface area contributed by atoms with Crippen LogP contribution in [0.2, 0.25) is 0 Å². The lowest BCUT2D eigenvalue weighted by molar-refractivity contribution is 2.08. The molecule has 0 unspecified atom stereocenters. The first-order chi connectivity index (χ1) is 2.91. The van der Waals surface area contributed by atoms with Gasteiger partial charge in [0.05, 0.1) is 0 Å². The van der Waals surface area contributed by atoms with E-state index in [9.17, 15) is 0 Å². The number of hydrogen-bond acceptors (Lipinski definition) is 0. The summed E-state index contributed by atoms with van der Waals surface area (Å²) in [7, 11) is 9.85. The van der Waals surface area contributed by atoms with Gasteiger partial charge in [-0.15, -0.1) is 12.0 Å². The van der Waals surface area contributed by atoms with Crippen molar-refractivity contribution in [2.45, 2.75) is 0 Å². The summed E-state index contributed by atoms with van der Waals surface area (Å²) in [4.78, 5) is 0. The average Bonchev–Trinajstić information content (AvgIpc) is 1.61. The molecule has 0 N–H and O–H groups in total. The van der Waals surface area contributed by atoms with Crippen LogP contribution in [0, 0.1) is 0 Å². The summed E-state index contributed by atoms with van der Waals surface area (Å²) in [6.07, 6.45) is 3.31. The zero-order valence-electron chi connectivity index (χ0n) is 3.46. The van der Waals surface area contributed by atoms with Crippen molar-refractivity contribution in [3.8, 4) is 0 Å². The van der Waals surface area contributed by atoms with Crippen LogP contribution in [0.25, 0.3) is 0 Å². The third-order valence-corrected chi connectivity index (χ3v) is 0.333. The minimum Gasteiger partial charge on any atom is -0.132 e. The predicted molar refractivity (Wildman–Crippen MR) is 29.8 cm³/mol. The number of rotatable bonds is 1. The van der Waals surface area contributed by atoms with Gasteiger partial charge < -0.3 is 0 Å². The second-order valence-corrected chi connectivity index (χ2v) is 0.770. The molecular formula is C4H4B2. The molecule has 0 saturated heterocycles. The van der Waals surface area contributed by atoms with Crippen molar-refractivity contribution in [3.63, 3.8) is 0 Å². The van der Waals surface area contributed by atoms with Gasteiger partial charge >= 0.3 is 0 Å². The van der Waals surface area contributed by atoms with Crippen LogP contribution in [0.1, 0.15) is 0 Å². The van der Waals surface area contributed by atoms with Crippen molar-refractivity contribution < 1.29 is 0 Å². The van der Waals surface area contributed by atoms with Gasteiger partial charge in [0.1, 0.15) is 15.7 Å². The van der Waals surface area contributed by atoms with Gasteiger partial charge in [-0.1, -0.05) is 12.2 Å². The van der Waals surface area contributed by atoms with E-state index in [4.69, 9.17) is 15.7 Å². The molecule has 2 heteroatoms. The Morgan fingerprint density at radius 1 is 0.833 bits per heavy atom. The molecule has 0 amide bonds. The lowest BCUT2D eigenvalue weighted by Gasteiger charge is -1.62. The Kier molecular flexibility index (Phi) is 4.31. The van der Waals surface area contributed by atoms with Crippen molar-refractivity contribution in [2.24, 2.45) is 0 Å².